The van der Waals surface area contributed by atoms with Crippen molar-refractivity contribution in [3.8, 4) is 11.1 Å². The molecule has 4 nitrogen and oxygen atoms in total. The third-order valence-electron chi connectivity index (χ3n) is 4.54. The molecular weight excluding hydrogens is 417 g/mol. The second-order valence-corrected chi connectivity index (χ2v) is 6.83. The monoisotopic (exact) mass is 434 g/mol. The Labute approximate surface area is 176 Å². The average molecular weight is 435 g/mol. The molecule has 0 fully saturated rings. The van der Waals surface area contributed by atoms with Crippen LogP contribution < -0.4 is 0 Å². The minimum atomic E-state index is -4.77. The third kappa shape index (κ3) is 4.63. The van der Waals surface area contributed by atoms with Crippen molar-refractivity contribution in [2.75, 3.05) is 13.2 Å². The van der Waals surface area contributed by atoms with Gasteiger partial charge in [0, 0.05) is 12.7 Å². The Balaban J connectivity index is 2.15. The first kappa shape index (κ1) is 21.8. The molecule has 3 aromatic rings. The van der Waals surface area contributed by atoms with Crippen molar-refractivity contribution < 1.29 is 23.1 Å². The Morgan fingerprint density at radius 1 is 1.03 bits per heavy atom. The second-order valence-electron chi connectivity index (χ2n) is 6.47. The molecule has 3 rings (SSSR count). The summed E-state index contributed by atoms with van der Waals surface area (Å²) in [6.07, 6.45) is -3.38. The van der Waals surface area contributed by atoms with Crippen molar-refractivity contribution in [2.24, 2.45) is 0 Å². The number of hydrogen-bond donors (Lipinski definition) is 1. The fourth-order valence-corrected chi connectivity index (χ4v) is 3.52. The van der Waals surface area contributed by atoms with Gasteiger partial charge in [0.05, 0.1) is 12.2 Å². The first-order valence-corrected chi connectivity index (χ1v) is 9.45. The van der Waals surface area contributed by atoms with E-state index in [1.807, 2.05) is 0 Å². The molecule has 0 aliphatic heterocycles. The maximum Gasteiger partial charge on any atom is 0.413 e. The number of benzene rings is 2. The van der Waals surface area contributed by atoms with E-state index in [1.165, 1.54) is 36.5 Å². The quantitative estimate of drug-likeness (QED) is 0.546. The third-order valence-corrected chi connectivity index (χ3v) is 4.83. The highest BCUT2D eigenvalue weighted by molar-refractivity contribution is 6.33. The van der Waals surface area contributed by atoms with Gasteiger partial charge in [0.1, 0.15) is 5.15 Å². The topological polar surface area (TPSA) is 53.4 Å². The molecule has 8 heteroatoms. The van der Waals surface area contributed by atoms with Gasteiger partial charge in [0.2, 0.25) is 0 Å². The highest BCUT2D eigenvalue weighted by Gasteiger charge is 2.47. The van der Waals surface area contributed by atoms with Crippen LogP contribution in [0.1, 0.15) is 22.0 Å². The Bertz CT molecular complexity index is 998. The number of rotatable bonds is 6. The summed E-state index contributed by atoms with van der Waals surface area (Å²) in [6.45, 7) is -1.18. The van der Waals surface area contributed by atoms with Gasteiger partial charge < -0.3 is 10.0 Å². The van der Waals surface area contributed by atoms with Crippen molar-refractivity contribution >= 4 is 17.5 Å². The molecule has 0 radical (unpaired) electrons. The Kier molecular flexibility index (Phi) is 6.74. The predicted octanol–water partition coefficient (Wildman–Crippen LogP) is 5.14. The maximum absolute atomic E-state index is 14.1. The Morgan fingerprint density at radius 3 is 2.20 bits per heavy atom. The molecule has 2 aromatic carbocycles. The lowest BCUT2D eigenvalue weighted by molar-refractivity contribution is -0.180. The van der Waals surface area contributed by atoms with Crippen LogP contribution in [0.2, 0.25) is 5.15 Å². The molecule has 1 unspecified atom stereocenters. The van der Waals surface area contributed by atoms with Gasteiger partial charge in [0.15, 0.2) is 6.04 Å². The molecule has 156 valence electrons. The van der Waals surface area contributed by atoms with Gasteiger partial charge in [-0.1, -0.05) is 72.3 Å². The number of aliphatic hydroxyl groups is 1. The van der Waals surface area contributed by atoms with Gasteiger partial charge in [-0.15, -0.1) is 0 Å². The number of hydrogen-bond acceptors (Lipinski definition) is 3. The fourth-order valence-electron chi connectivity index (χ4n) is 3.28. The number of halogens is 4. The zero-order valence-electron chi connectivity index (χ0n) is 15.7. The van der Waals surface area contributed by atoms with Crippen LogP contribution in [0.3, 0.4) is 0 Å². The molecule has 0 saturated heterocycles. The van der Waals surface area contributed by atoms with Crippen molar-refractivity contribution in [1.82, 2.24) is 9.88 Å². The van der Waals surface area contributed by atoms with E-state index < -0.39 is 31.3 Å². The van der Waals surface area contributed by atoms with Crippen LogP contribution in [0.4, 0.5) is 13.2 Å². The lowest BCUT2D eigenvalue weighted by atomic mass is 9.98. The lowest BCUT2D eigenvalue weighted by Crippen LogP contribution is -2.44. The number of alkyl halides is 3. The van der Waals surface area contributed by atoms with Crippen molar-refractivity contribution in [1.29, 1.82) is 0 Å². The van der Waals surface area contributed by atoms with Crippen LogP contribution in [-0.2, 0) is 0 Å². The molecule has 1 N–H and O–H groups in total. The van der Waals surface area contributed by atoms with Crippen LogP contribution in [0.15, 0.2) is 72.9 Å². The van der Waals surface area contributed by atoms with Gasteiger partial charge in [0.25, 0.3) is 5.91 Å². The summed E-state index contributed by atoms with van der Waals surface area (Å²) < 4.78 is 42.2. The van der Waals surface area contributed by atoms with E-state index in [2.05, 4.69) is 4.98 Å². The molecule has 30 heavy (non-hydrogen) atoms. The standard InChI is InChI=1S/C22H18ClF3N2O2/c23-20-18(17(11-12-27-20)15-7-3-1-4-8-15)21(30)28(13-14-29)19(22(24,25)26)16-9-5-2-6-10-16/h1-12,19,29H,13-14H2. The molecule has 0 aliphatic carbocycles. The highest BCUT2D eigenvalue weighted by atomic mass is 35.5. The van der Waals surface area contributed by atoms with Gasteiger partial charge in [-0.3, -0.25) is 4.79 Å². The number of aromatic nitrogens is 1. The molecule has 1 heterocycles. The summed E-state index contributed by atoms with van der Waals surface area (Å²) in [4.78, 5) is 17.9. The van der Waals surface area contributed by atoms with Crippen LogP contribution in [0, 0.1) is 0 Å². The van der Waals surface area contributed by atoms with Gasteiger partial charge in [-0.05, 0) is 22.8 Å². The molecule has 0 spiro atoms. The number of pyridine rings is 1. The van der Waals surface area contributed by atoms with Crippen molar-refractivity contribution in [3.63, 3.8) is 0 Å². The molecule has 1 aromatic heterocycles. The van der Waals surface area contributed by atoms with E-state index in [9.17, 15) is 23.1 Å². The number of amides is 1. The van der Waals surface area contributed by atoms with E-state index in [0.29, 0.717) is 16.0 Å². The van der Waals surface area contributed by atoms with Gasteiger partial charge in [-0.25, -0.2) is 4.98 Å². The smallest absolute Gasteiger partial charge is 0.395 e. The highest BCUT2D eigenvalue weighted by Crippen LogP contribution is 2.40. The summed E-state index contributed by atoms with van der Waals surface area (Å²) in [5.41, 5.74) is 0.701. The first-order valence-electron chi connectivity index (χ1n) is 9.08. The SMILES string of the molecule is O=C(c1c(-c2ccccc2)ccnc1Cl)N(CCO)C(c1ccccc1)C(F)(F)F. The van der Waals surface area contributed by atoms with Crippen LogP contribution >= 0.6 is 11.6 Å². The molecule has 0 aliphatic rings. The number of carbonyl (C=O) groups is 1. The summed E-state index contributed by atoms with van der Waals surface area (Å²) in [6, 6.07) is 15.1. The summed E-state index contributed by atoms with van der Waals surface area (Å²) in [5, 5.41) is 9.23. The number of aliphatic hydroxyl groups excluding tert-OH is 1. The van der Waals surface area contributed by atoms with E-state index in [-0.39, 0.29) is 16.3 Å². The zero-order chi connectivity index (χ0) is 21.7. The number of nitrogens with zero attached hydrogens (tertiary/aromatic N) is 2. The average Bonchev–Trinajstić information content (AvgIpc) is 2.73. The predicted molar refractivity (Wildman–Crippen MR) is 108 cm³/mol. The summed E-state index contributed by atoms with van der Waals surface area (Å²) >= 11 is 6.18. The first-order chi connectivity index (χ1) is 14.3. The lowest BCUT2D eigenvalue weighted by Gasteiger charge is -2.33. The second kappa shape index (κ2) is 9.28. The Hall–Kier alpha value is -2.90. The van der Waals surface area contributed by atoms with E-state index >= 15 is 0 Å². The molecule has 1 atom stereocenters. The minimum Gasteiger partial charge on any atom is -0.395 e. The van der Waals surface area contributed by atoms with E-state index in [1.54, 1.807) is 36.4 Å². The summed E-state index contributed by atoms with van der Waals surface area (Å²) in [5.74, 6) is -0.966. The van der Waals surface area contributed by atoms with Crippen molar-refractivity contribution in [2.45, 2.75) is 12.2 Å². The minimum absolute atomic E-state index is 0.118. The van der Waals surface area contributed by atoms with Crippen LogP contribution in [0.5, 0.6) is 0 Å². The largest absolute Gasteiger partial charge is 0.413 e. The van der Waals surface area contributed by atoms with Crippen molar-refractivity contribution in [3.05, 3.63) is 89.2 Å². The molecule has 1 amide bonds. The maximum atomic E-state index is 14.1. The van der Waals surface area contributed by atoms with Gasteiger partial charge in [-0.2, -0.15) is 13.2 Å². The van der Waals surface area contributed by atoms with E-state index in [0.717, 1.165) is 0 Å². The molecular formula is C22H18ClF3N2O2. The fraction of sp³-hybridized carbons (Fsp3) is 0.182. The molecule has 0 bridgehead atoms. The zero-order valence-corrected chi connectivity index (χ0v) is 16.4. The van der Waals surface area contributed by atoms with Gasteiger partial charge >= 0.3 is 6.18 Å². The number of carbonyl (C=O) groups excluding carboxylic acids is 1. The van der Waals surface area contributed by atoms with Crippen LogP contribution in [-0.4, -0.2) is 40.2 Å². The summed E-state index contributed by atoms with van der Waals surface area (Å²) in [7, 11) is 0. The Morgan fingerprint density at radius 2 is 1.63 bits per heavy atom. The van der Waals surface area contributed by atoms with Crippen LogP contribution in [0.25, 0.3) is 11.1 Å². The molecule has 0 saturated carbocycles. The normalized spacial score (nSPS) is 12.4. The van der Waals surface area contributed by atoms with E-state index in [4.69, 9.17) is 11.6 Å².